The molecule has 0 amide bonds. The second-order valence-electron chi connectivity index (χ2n) is 5.80. The van der Waals surface area contributed by atoms with E-state index in [0.717, 1.165) is 25.6 Å². The predicted molar refractivity (Wildman–Crippen MR) is 72.5 cm³/mol. The lowest BCUT2D eigenvalue weighted by molar-refractivity contribution is 0.125. The minimum absolute atomic E-state index is 0.369. The van der Waals surface area contributed by atoms with Crippen molar-refractivity contribution < 1.29 is 5.11 Å². The molecule has 3 heteroatoms. The SMILES string of the molecule is CC1CNC(C2CC2)CN1Cc1cccc(O)c1. The molecule has 1 aliphatic heterocycles. The van der Waals surface area contributed by atoms with Crippen LogP contribution in [0.5, 0.6) is 5.75 Å². The summed E-state index contributed by atoms with van der Waals surface area (Å²) in [4.78, 5) is 2.54. The van der Waals surface area contributed by atoms with Crippen LogP contribution >= 0.6 is 0 Å². The molecule has 2 fully saturated rings. The van der Waals surface area contributed by atoms with E-state index in [4.69, 9.17) is 0 Å². The van der Waals surface area contributed by atoms with Gasteiger partial charge in [-0.2, -0.15) is 0 Å². The second kappa shape index (κ2) is 4.90. The molecule has 1 heterocycles. The van der Waals surface area contributed by atoms with Crippen LogP contribution in [0.25, 0.3) is 0 Å². The molecule has 2 N–H and O–H groups in total. The summed E-state index contributed by atoms with van der Waals surface area (Å²) in [6.45, 7) is 5.45. The standard InChI is InChI=1S/C15H22N2O/c1-11-8-16-15(13-5-6-13)10-17(11)9-12-3-2-4-14(18)7-12/h2-4,7,11,13,15-16,18H,5-6,8-10H2,1H3. The van der Waals surface area contributed by atoms with Gasteiger partial charge < -0.3 is 10.4 Å². The van der Waals surface area contributed by atoms with Gasteiger partial charge in [-0.05, 0) is 43.4 Å². The van der Waals surface area contributed by atoms with Crippen molar-refractivity contribution in [2.75, 3.05) is 13.1 Å². The number of hydrogen-bond donors (Lipinski definition) is 2. The Balaban J connectivity index is 1.66. The van der Waals surface area contributed by atoms with Crippen LogP contribution in [-0.2, 0) is 6.54 Å². The van der Waals surface area contributed by atoms with E-state index in [2.05, 4.69) is 23.2 Å². The van der Waals surface area contributed by atoms with Crippen LogP contribution in [0.4, 0.5) is 0 Å². The molecular weight excluding hydrogens is 224 g/mol. The topological polar surface area (TPSA) is 35.5 Å². The van der Waals surface area contributed by atoms with E-state index in [9.17, 15) is 5.11 Å². The Kier molecular flexibility index (Phi) is 3.27. The molecule has 0 radical (unpaired) electrons. The van der Waals surface area contributed by atoms with E-state index in [1.807, 2.05) is 12.1 Å². The Labute approximate surface area is 109 Å². The molecule has 1 saturated heterocycles. The highest BCUT2D eigenvalue weighted by Crippen LogP contribution is 2.34. The van der Waals surface area contributed by atoms with E-state index < -0.39 is 0 Å². The minimum atomic E-state index is 0.369. The Morgan fingerprint density at radius 2 is 2.22 bits per heavy atom. The van der Waals surface area contributed by atoms with Crippen LogP contribution in [0, 0.1) is 5.92 Å². The number of phenolic OH excluding ortho intramolecular Hbond substituents is 1. The number of rotatable bonds is 3. The molecule has 0 bridgehead atoms. The monoisotopic (exact) mass is 246 g/mol. The number of hydrogen-bond acceptors (Lipinski definition) is 3. The zero-order chi connectivity index (χ0) is 12.5. The molecule has 1 aromatic rings. The van der Waals surface area contributed by atoms with E-state index in [1.165, 1.54) is 18.4 Å². The lowest BCUT2D eigenvalue weighted by Gasteiger charge is -2.39. The molecule has 18 heavy (non-hydrogen) atoms. The van der Waals surface area contributed by atoms with E-state index in [1.54, 1.807) is 6.07 Å². The van der Waals surface area contributed by atoms with Gasteiger partial charge in [-0.25, -0.2) is 0 Å². The summed E-state index contributed by atoms with van der Waals surface area (Å²) in [5, 5.41) is 13.2. The van der Waals surface area contributed by atoms with Crippen LogP contribution in [-0.4, -0.2) is 35.2 Å². The van der Waals surface area contributed by atoms with Crippen LogP contribution < -0.4 is 5.32 Å². The van der Waals surface area contributed by atoms with Crippen molar-refractivity contribution in [3.8, 4) is 5.75 Å². The summed E-state index contributed by atoms with van der Waals surface area (Å²) in [5.41, 5.74) is 1.21. The lowest BCUT2D eigenvalue weighted by atomic mass is 10.0. The van der Waals surface area contributed by atoms with Gasteiger partial charge in [0, 0.05) is 31.7 Å². The molecule has 3 rings (SSSR count). The first-order chi connectivity index (χ1) is 8.72. The van der Waals surface area contributed by atoms with Gasteiger partial charge in [0.25, 0.3) is 0 Å². The van der Waals surface area contributed by atoms with E-state index in [-0.39, 0.29) is 0 Å². The molecule has 0 spiro atoms. The fourth-order valence-electron chi connectivity index (χ4n) is 2.87. The molecule has 1 saturated carbocycles. The molecule has 98 valence electrons. The fraction of sp³-hybridized carbons (Fsp3) is 0.600. The van der Waals surface area contributed by atoms with Gasteiger partial charge >= 0.3 is 0 Å². The van der Waals surface area contributed by atoms with Crippen LogP contribution in [0.15, 0.2) is 24.3 Å². The zero-order valence-electron chi connectivity index (χ0n) is 11.0. The largest absolute Gasteiger partial charge is 0.508 e. The average Bonchev–Trinajstić information content (AvgIpc) is 3.16. The smallest absolute Gasteiger partial charge is 0.115 e. The highest BCUT2D eigenvalue weighted by atomic mass is 16.3. The van der Waals surface area contributed by atoms with Crippen LogP contribution in [0.3, 0.4) is 0 Å². The number of nitrogens with one attached hydrogen (secondary N) is 1. The lowest BCUT2D eigenvalue weighted by Crippen LogP contribution is -2.55. The maximum atomic E-state index is 9.53. The van der Waals surface area contributed by atoms with Crippen LogP contribution in [0.1, 0.15) is 25.3 Å². The maximum Gasteiger partial charge on any atom is 0.115 e. The molecule has 0 aromatic heterocycles. The highest BCUT2D eigenvalue weighted by molar-refractivity contribution is 5.27. The summed E-state index contributed by atoms with van der Waals surface area (Å²) in [6, 6.07) is 8.88. The molecule has 2 unspecified atom stereocenters. The van der Waals surface area contributed by atoms with Gasteiger partial charge in [0.05, 0.1) is 0 Å². The third-order valence-corrected chi connectivity index (χ3v) is 4.22. The van der Waals surface area contributed by atoms with Crippen molar-refractivity contribution >= 4 is 0 Å². The van der Waals surface area contributed by atoms with E-state index in [0.29, 0.717) is 17.8 Å². The number of nitrogens with zero attached hydrogens (tertiary/aromatic N) is 1. The number of phenols is 1. The molecule has 1 aromatic carbocycles. The first-order valence-corrected chi connectivity index (χ1v) is 6.98. The summed E-state index contributed by atoms with van der Waals surface area (Å²) in [5.74, 6) is 1.28. The van der Waals surface area contributed by atoms with Crippen LogP contribution in [0.2, 0.25) is 0 Å². The molecular formula is C15H22N2O. The van der Waals surface area contributed by atoms with Gasteiger partial charge in [-0.15, -0.1) is 0 Å². The third-order valence-electron chi connectivity index (χ3n) is 4.22. The van der Waals surface area contributed by atoms with Crippen molar-refractivity contribution in [3.05, 3.63) is 29.8 Å². The fourth-order valence-corrected chi connectivity index (χ4v) is 2.87. The Morgan fingerprint density at radius 1 is 1.39 bits per heavy atom. The normalized spacial score (nSPS) is 29.4. The van der Waals surface area contributed by atoms with Gasteiger partial charge in [-0.3, -0.25) is 4.90 Å². The number of benzene rings is 1. The first-order valence-electron chi connectivity index (χ1n) is 6.98. The minimum Gasteiger partial charge on any atom is -0.508 e. The molecule has 2 atom stereocenters. The predicted octanol–water partition coefficient (Wildman–Crippen LogP) is 1.96. The third kappa shape index (κ3) is 2.68. The van der Waals surface area contributed by atoms with Crippen molar-refractivity contribution in [3.63, 3.8) is 0 Å². The molecule has 2 aliphatic rings. The van der Waals surface area contributed by atoms with Crippen molar-refractivity contribution in [1.29, 1.82) is 0 Å². The summed E-state index contributed by atoms with van der Waals surface area (Å²) >= 11 is 0. The van der Waals surface area contributed by atoms with Crippen molar-refractivity contribution in [2.45, 2.75) is 38.4 Å². The van der Waals surface area contributed by atoms with Gasteiger partial charge in [0.2, 0.25) is 0 Å². The molecule has 1 aliphatic carbocycles. The summed E-state index contributed by atoms with van der Waals surface area (Å²) in [6.07, 6.45) is 2.79. The average molecular weight is 246 g/mol. The van der Waals surface area contributed by atoms with Gasteiger partial charge in [-0.1, -0.05) is 12.1 Å². The van der Waals surface area contributed by atoms with Gasteiger partial charge in [0.1, 0.15) is 5.75 Å². The molecule has 3 nitrogen and oxygen atoms in total. The number of aromatic hydroxyl groups is 1. The quantitative estimate of drug-likeness (QED) is 0.856. The first kappa shape index (κ1) is 12.0. The zero-order valence-corrected chi connectivity index (χ0v) is 11.0. The Hall–Kier alpha value is -1.06. The Bertz CT molecular complexity index is 417. The maximum absolute atomic E-state index is 9.53. The second-order valence-corrected chi connectivity index (χ2v) is 5.80. The highest BCUT2D eigenvalue weighted by Gasteiger charge is 2.35. The summed E-state index contributed by atoms with van der Waals surface area (Å²) in [7, 11) is 0. The summed E-state index contributed by atoms with van der Waals surface area (Å²) < 4.78 is 0. The number of piperazine rings is 1. The van der Waals surface area contributed by atoms with E-state index >= 15 is 0 Å². The van der Waals surface area contributed by atoms with Crippen molar-refractivity contribution in [1.82, 2.24) is 10.2 Å². The Morgan fingerprint density at radius 3 is 2.94 bits per heavy atom. The van der Waals surface area contributed by atoms with Crippen molar-refractivity contribution in [2.24, 2.45) is 5.92 Å². The van der Waals surface area contributed by atoms with Gasteiger partial charge in [0.15, 0.2) is 0 Å².